The van der Waals surface area contributed by atoms with Crippen molar-refractivity contribution in [2.45, 2.75) is 44.3 Å². The lowest BCUT2D eigenvalue weighted by molar-refractivity contribution is -0.151. The van der Waals surface area contributed by atoms with Crippen LogP contribution in [0.15, 0.2) is 0 Å². The number of hydrogen-bond donors (Lipinski definition) is 1. The molecule has 0 unspecified atom stereocenters. The summed E-state index contributed by atoms with van der Waals surface area (Å²) in [6.07, 6.45) is 2.08. The minimum absolute atomic E-state index is 0.231. The van der Waals surface area contributed by atoms with E-state index in [1.165, 1.54) is 0 Å². The second-order valence-electron chi connectivity index (χ2n) is 5.36. The fourth-order valence-corrected chi connectivity index (χ4v) is 2.75. The minimum Gasteiger partial charge on any atom is -0.343 e. The van der Waals surface area contributed by atoms with Crippen LogP contribution in [0.4, 0.5) is 0 Å². The van der Waals surface area contributed by atoms with E-state index in [4.69, 9.17) is 5.73 Å². The SMILES string of the molecule is CN1CCN(C2CC(N)C2)C(C)(C)C1=O. The van der Waals surface area contributed by atoms with Gasteiger partial charge in [0.2, 0.25) is 5.91 Å². The Morgan fingerprint density at radius 3 is 2.47 bits per heavy atom. The molecule has 1 saturated heterocycles. The molecule has 2 N–H and O–H groups in total. The molecular formula is C11H21N3O. The molecule has 2 rings (SSSR count). The van der Waals surface area contributed by atoms with Crippen molar-refractivity contribution >= 4 is 5.91 Å². The zero-order valence-electron chi connectivity index (χ0n) is 9.86. The number of hydrogen-bond acceptors (Lipinski definition) is 3. The summed E-state index contributed by atoms with van der Waals surface area (Å²) < 4.78 is 0. The molecule has 2 aliphatic rings. The maximum absolute atomic E-state index is 12.0. The van der Waals surface area contributed by atoms with Crippen LogP contribution in [0.3, 0.4) is 0 Å². The summed E-state index contributed by atoms with van der Waals surface area (Å²) in [5.74, 6) is 0.231. The molecule has 1 saturated carbocycles. The van der Waals surface area contributed by atoms with E-state index in [2.05, 4.69) is 4.90 Å². The highest BCUT2D eigenvalue weighted by molar-refractivity contribution is 5.86. The first kappa shape index (κ1) is 10.9. The van der Waals surface area contributed by atoms with E-state index < -0.39 is 0 Å². The molecule has 0 atom stereocenters. The van der Waals surface area contributed by atoms with Gasteiger partial charge in [0.05, 0.1) is 5.54 Å². The van der Waals surface area contributed by atoms with Gasteiger partial charge in [-0.05, 0) is 26.7 Å². The molecule has 15 heavy (non-hydrogen) atoms. The first-order valence-corrected chi connectivity index (χ1v) is 5.71. The van der Waals surface area contributed by atoms with E-state index >= 15 is 0 Å². The predicted octanol–water partition coefficient (Wildman–Crippen LogP) is 0.0287. The molecule has 2 fully saturated rings. The van der Waals surface area contributed by atoms with E-state index in [1.807, 2.05) is 25.8 Å². The van der Waals surface area contributed by atoms with Gasteiger partial charge < -0.3 is 10.6 Å². The van der Waals surface area contributed by atoms with Crippen LogP contribution in [0.25, 0.3) is 0 Å². The highest BCUT2D eigenvalue weighted by atomic mass is 16.2. The lowest BCUT2D eigenvalue weighted by Crippen LogP contribution is -2.67. The molecule has 0 spiro atoms. The minimum atomic E-state index is -0.349. The van der Waals surface area contributed by atoms with Crippen LogP contribution in [0.5, 0.6) is 0 Å². The number of carbonyl (C=O) groups excluding carboxylic acids is 1. The third kappa shape index (κ3) is 1.66. The van der Waals surface area contributed by atoms with Crippen LogP contribution >= 0.6 is 0 Å². The van der Waals surface area contributed by atoms with E-state index in [0.717, 1.165) is 25.9 Å². The van der Waals surface area contributed by atoms with E-state index in [9.17, 15) is 4.79 Å². The molecule has 1 aliphatic heterocycles. The van der Waals surface area contributed by atoms with Crippen molar-refractivity contribution in [2.24, 2.45) is 5.73 Å². The summed E-state index contributed by atoms with van der Waals surface area (Å²) in [5.41, 5.74) is 5.45. The van der Waals surface area contributed by atoms with Gasteiger partial charge in [0.1, 0.15) is 0 Å². The van der Waals surface area contributed by atoms with Crippen LogP contribution in [0, 0.1) is 0 Å². The Hall–Kier alpha value is -0.610. The van der Waals surface area contributed by atoms with Gasteiger partial charge >= 0.3 is 0 Å². The van der Waals surface area contributed by atoms with Gasteiger partial charge in [-0.1, -0.05) is 0 Å². The molecule has 0 aromatic rings. The first-order chi connectivity index (χ1) is 6.93. The number of nitrogens with zero attached hydrogens (tertiary/aromatic N) is 2. The van der Waals surface area contributed by atoms with Gasteiger partial charge in [-0.15, -0.1) is 0 Å². The van der Waals surface area contributed by atoms with Gasteiger partial charge in [0.25, 0.3) is 0 Å². The van der Waals surface area contributed by atoms with Crippen molar-refractivity contribution in [3.05, 3.63) is 0 Å². The number of amides is 1. The average molecular weight is 211 g/mol. The normalized spacial score (nSPS) is 36.5. The average Bonchev–Trinajstić information content (AvgIpc) is 2.11. The molecule has 1 amide bonds. The molecular weight excluding hydrogens is 190 g/mol. The number of rotatable bonds is 1. The van der Waals surface area contributed by atoms with Crippen molar-refractivity contribution in [2.75, 3.05) is 20.1 Å². The number of likely N-dealkylation sites (N-methyl/N-ethyl adjacent to an activating group) is 1. The second-order valence-corrected chi connectivity index (χ2v) is 5.36. The summed E-state index contributed by atoms with van der Waals surface area (Å²) in [5, 5.41) is 0. The number of carbonyl (C=O) groups is 1. The van der Waals surface area contributed by atoms with E-state index in [1.54, 1.807) is 0 Å². The Balaban J connectivity index is 2.09. The van der Waals surface area contributed by atoms with Gasteiger partial charge in [-0.3, -0.25) is 9.69 Å². The Morgan fingerprint density at radius 2 is 1.93 bits per heavy atom. The van der Waals surface area contributed by atoms with Crippen LogP contribution in [0.2, 0.25) is 0 Å². The third-order valence-electron chi connectivity index (χ3n) is 3.85. The maximum atomic E-state index is 12.0. The topological polar surface area (TPSA) is 49.6 Å². The molecule has 4 heteroatoms. The predicted molar refractivity (Wildman–Crippen MR) is 59.4 cm³/mol. The Morgan fingerprint density at radius 1 is 1.33 bits per heavy atom. The molecule has 0 aromatic carbocycles. The van der Waals surface area contributed by atoms with Gasteiger partial charge in [-0.2, -0.15) is 0 Å². The highest BCUT2D eigenvalue weighted by Gasteiger charge is 2.46. The molecule has 0 radical (unpaired) electrons. The molecule has 1 aliphatic carbocycles. The number of nitrogens with two attached hydrogens (primary N) is 1. The van der Waals surface area contributed by atoms with Gasteiger partial charge in [-0.25, -0.2) is 0 Å². The summed E-state index contributed by atoms with van der Waals surface area (Å²) >= 11 is 0. The smallest absolute Gasteiger partial charge is 0.242 e. The summed E-state index contributed by atoms with van der Waals surface area (Å²) in [6, 6.07) is 0.869. The van der Waals surface area contributed by atoms with Crippen molar-refractivity contribution < 1.29 is 4.79 Å². The van der Waals surface area contributed by atoms with E-state index in [0.29, 0.717) is 12.1 Å². The molecule has 1 heterocycles. The second kappa shape index (κ2) is 3.46. The fourth-order valence-electron chi connectivity index (χ4n) is 2.75. The number of piperazine rings is 1. The lowest BCUT2D eigenvalue weighted by atomic mass is 9.82. The van der Waals surface area contributed by atoms with Crippen molar-refractivity contribution in [1.82, 2.24) is 9.80 Å². The van der Waals surface area contributed by atoms with Crippen molar-refractivity contribution in [1.29, 1.82) is 0 Å². The maximum Gasteiger partial charge on any atom is 0.242 e. The highest BCUT2D eigenvalue weighted by Crippen LogP contribution is 2.32. The van der Waals surface area contributed by atoms with E-state index in [-0.39, 0.29) is 11.4 Å². The van der Waals surface area contributed by atoms with Crippen LogP contribution in [-0.4, -0.2) is 53.5 Å². The van der Waals surface area contributed by atoms with Gasteiger partial charge in [0, 0.05) is 32.2 Å². The Labute approximate surface area is 91.4 Å². The molecule has 4 nitrogen and oxygen atoms in total. The van der Waals surface area contributed by atoms with Crippen LogP contribution < -0.4 is 5.73 Å². The molecule has 0 aromatic heterocycles. The third-order valence-corrected chi connectivity index (χ3v) is 3.85. The summed E-state index contributed by atoms with van der Waals surface area (Å²) in [4.78, 5) is 16.2. The van der Waals surface area contributed by atoms with Crippen LogP contribution in [0.1, 0.15) is 26.7 Å². The summed E-state index contributed by atoms with van der Waals surface area (Å²) in [6.45, 7) is 5.87. The lowest BCUT2D eigenvalue weighted by Gasteiger charge is -2.52. The standard InChI is InChI=1S/C11H21N3O/c1-11(2)10(15)13(3)4-5-14(11)9-6-8(12)7-9/h8-9H,4-7,12H2,1-3H3. The molecule has 0 bridgehead atoms. The zero-order chi connectivity index (χ0) is 11.2. The van der Waals surface area contributed by atoms with Crippen molar-refractivity contribution in [3.63, 3.8) is 0 Å². The summed E-state index contributed by atoms with van der Waals surface area (Å²) in [7, 11) is 1.88. The van der Waals surface area contributed by atoms with Gasteiger partial charge in [0.15, 0.2) is 0 Å². The Kier molecular flexibility index (Phi) is 2.51. The monoisotopic (exact) mass is 211 g/mol. The first-order valence-electron chi connectivity index (χ1n) is 5.71. The largest absolute Gasteiger partial charge is 0.343 e. The fraction of sp³-hybridized carbons (Fsp3) is 0.909. The quantitative estimate of drug-likeness (QED) is 0.665. The molecule has 86 valence electrons. The van der Waals surface area contributed by atoms with Crippen molar-refractivity contribution in [3.8, 4) is 0 Å². The zero-order valence-corrected chi connectivity index (χ0v) is 9.86. The Bertz CT molecular complexity index is 271. The van der Waals surface area contributed by atoms with Crippen LogP contribution in [-0.2, 0) is 4.79 Å².